The number of thioether (sulfide) groups is 1. The molecule has 0 saturated carbocycles. The van der Waals surface area contributed by atoms with Gasteiger partial charge in [0.2, 0.25) is 5.91 Å². The maximum atomic E-state index is 12.1. The number of nitrogen functional groups attached to an aromatic ring is 1. The van der Waals surface area contributed by atoms with Gasteiger partial charge in [0.05, 0.1) is 11.1 Å². The molecule has 5 nitrogen and oxygen atoms in total. The van der Waals surface area contributed by atoms with E-state index in [-0.39, 0.29) is 11.9 Å². The number of fused-ring (bicyclic) bond motifs is 3. The average molecular weight is 379 g/mol. The van der Waals surface area contributed by atoms with Crippen molar-refractivity contribution in [2.75, 3.05) is 11.5 Å². The Hall–Kier alpha value is -1.34. The largest absolute Gasteiger partial charge is 0.383 e. The zero-order valence-corrected chi connectivity index (χ0v) is 16.7. The van der Waals surface area contributed by atoms with Crippen molar-refractivity contribution in [2.24, 2.45) is 5.92 Å². The second-order valence-corrected chi connectivity index (χ2v) is 8.82. The van der Waals surface area contributed by atoms with Crippen LogP contribution in [-0.4, -0.2) is 27.7 Å². The molecule has 2 aromatic rings. The van der Waals surface area contributed by atoms with Gasteiger partial charge in [0.1, 0.15) is 10.6 Å². The van der Waals surface area contributed by atoms with Crippen molar-refractivity contribution in [3.8, 4) is 0 Å². The third-order valence-corrected chi connectivity index (χ3v) is 6.84. The molecule has 2 aromatic heterocycles. The van der Waals surface area contributed by atoms with Crippen molar-refractivity contribution in [1.82, 2.24) is 15.3 Å². The summed E-state index contributed by atoms with van der Waals surface area (Å²) >= 11 is 3.10. The number of thiophene rings is 1. The number of carbonyl (C=O) groups is 1. The van der Waals surface area contributed by atoms with Crippen molar-refractivity contribution >= 4 is 45.0 Å². The lowest BCUT2D eigenvalue weighted by atomic mass is 9.89. The number of nitrogens with two attached hydrogens (primary N) is 1. The summed E-state index contributed by atoms with van der Waals surface area (Å²) in [5.41, 5.74) is 7.58. The second-order valence-electron chi connectivity index (χ2n) is 6.79. The molecule has 0 bridgehead atoms. The molecule has 0 aromatic carbocycles. The number of anilines is 1. The molecule has 7 heteroatoms. The highest BCUT2D eigenvalue weighted by Crippen LogP contribution is 2.39. The van der Waals surface area contributed by atoms with Crippen molar-refractivity contribution < 1.29 is 4.79 Å². The molecule has 1 aliphatic carbocycles. The van der Waals surface area contributed by atoms with Crippen LogP contribution in [-0.2, 0) is 17.6 Å². The van der Waals surface area contributed by atoms with Crippen molar-refractivity contribution in [2.45, 2.75) is 64.1 Å². The first-order chi connectivity index (χ1) is 12.0. The number of nitrogens with one attached hydrogen (secondary N) is 1. The van der Waals surface area contributed by atoms with E-state index in [1.165, 1.54) is 28.6 Å². The number of carbonyl (C=O) groups excluding carboxylic acids is 1. The van der Waals surface area contributed by atoms with Crippen LogP contribution < -0.4 is 11.1 Å². The minimum Gasteiger partial charge on any atom is -0.383 e. The van der Waals surface area contributed by atoms with Gasteiger partial charge in [-0.2, -0.15) is 0 Å². The van der Waals surface area contributed by atoms with Gasteiger partial charge < -0.3 is 11.1 Å². The van der Waals surface area contributed by atoms with Gasteiger partial charge >= 0.3 is 0 Å². The summed E-state index contributed by atoms with van der Waals surface area (Å²) < 4.78 is 0. The van der Waals surface area contributed by atoms with Crippen LogP contribution in [0.15, 0.2) is 5.16 Å². The number of hydrogen-bond donors (Lipinski definition) is 2. The molecule has 1 unspecified atom stereocenters. The van der Waals surface area contributed by atoms with Gasteiger partial charge in [-0.3, -0.25) is 4.79 Å². The lowest BCUT2D eigenvalue weighted by molar-refractivity contribution is -0.119. The Morgan fingerprint density at radius 3 is 2.88 bits per heavy atom. The highest BCUT2D eigenvalue weighted by Gasteiger charge is 2.23. The molecule has 0 aliphatic heterocycles. The van der Waals surface area contributed by atoms with Crippen molar-refractivity contribution in [3.63, 3.8) is 0 Å². The molecule has 3 N–H and O–H groups in total. The fourth-order valence-corrected chi connectivity index (χ4v) is 5.42. The van der Waals surface area contributed by atoms with E-state index in [9.17, 15) is 4.79 Å². The van der Waals surface area contributed by atoms with Gasteiger partial charge in [0, 0.05) is 10.9 Å². The Morgan fingerprint density at radius 2 is 2.16 bits per heavy atom. The van der Waals surface area contributed by atoms with Gasteiger partial charge in [-0.05, 0) is 43.6 Å². The predicted molar refractivity (Wildman–Crippen MR) is 106 cm³/mol. The van der Waals surface area contributed by atoms with Crippen LogP contribution in [0.4, 0.5) is 5.82 Å². The van der Waals surface area contributed by atoms with Gasteiger partial charge in [-0.1, -0.05) is 32.5 Å². The SMILES string of the molecule is CCC(CC)NC(=O)CSc1nc(N)c2c3c(sc2n1)CC(C)CC3. The summed E-state index contributed by atoms with van der Waals surface area (Å²) in [5.74, 6) is 1.63. The van der Waals surface area contributed by atoms with Crippen molar-refractivity contribution in [1.29, 1.82) is 0 Å². The third-order valence-electron chi connectivity index (χ3n) is 4.85. The maximum Gasteiger partial charge on any atom is 0.230 e. The lowest BCUT2D eigenvalue weighted by Crippen LogP contribution is -2.35. The quantitative estimate of drug-likeness (QED) is 0.590. The van der Waals surface area contributed by atoms with Crippen molar-refractivity contribution in [3.05, 3.63) is 10.4 Å². The summed E-state index contributed by atoms with van der Waals surface area (Å²) in [6.45, 7) is 6.46. The Kier molecular flexibility index (Phi) is 5.84. The van der Waals surface area contributed by atoms with Crippen LogP contribution in [0.2, 0.25) is 0 Å². The lowest BCUT2D eigenvalue weighted by Gasteiger charge is -2.17. The van der Waals surface area contributed by atoms with E-state index >= 15 is 0 Å². The van der Waals surface area contributed by atoms with Crippen LogP contribution in [0.1, 0.15) is 50.5 Å². The highest BCUT2D eigenvalue weighted by molar-refractivity contribution is 7.99. The Bertz CT molecular complexity index is 770. The zero-order valence-electron chi connectivity index (χ0n) is 15.1. The van der Waals surface area contributed by atoms with Crippen LogP contribution in [0.25, 0.3) is 10.2 Å². The Balaban J connectivity index is 1.74. The molecule has 0 radical (unpaired) electrons. The molecule has 0 fully saturated rings. The van der Waals surface area contributed by atoms with Crippen LogP contribution >= 0.6 is 23.1 Å². The first kappa shape index (κ1) is 18.5. The molecular formula is C18H26N4OS2. The van der Waals surface area contributed by atoms with E-state index in [0.717, 1.165) is 41.8 Å². The third kappa shape index (κ3) is 4.08. The molecule has 3 rings (SSSR count). The number of rotatable bonds is 6. The summed E-state index contributed by atoms with van der Waals surface area (Å²) in [6, 6.07) is 0.243. The number of aromatic nitrogens is 2. The first-order valence-corrected chi connectivity index (χ1v) is 10.8. The second kappa shape index (κ2) is 7.91. The minimum atomic E-state index is 0.0280. The monoisotopic (exact) mass is 378 g/mol. The number of nitrogens with zero attached hydrogens (tertiary/aromatic N) is 2. The Morgan fingerprint density at radius 1 is 1.40 bits per heavy atom. The van der Waals surface area contributed by atoms with E-state index in [4.69, 9.17) is 5.73 Å². The van der Waals surface area contributed by atoms with E-state index in [2.05, 4.69) is 36.1 Å². The van der Waals surface area contributed by atoms with Crippen LogP contribution in [0.3, 0.4) is 0 Å². The Labute approximate surface area is 157 Å². The summed E-state index contributed by atoms with van der Waals surface area (Å²) in [6.07, 6.45) is 5.26. The molecule has 1 aliphatic rings. The summed E-state index contributed by atoms with van der Waals surface area (Å²) in [5, 5.41) is 4.67. The molecule has 2 heterocycles. The minimum absolute atomic E-state index is 0.0280. The van der Waals surface area contributed by atoms with Gasteiger partial charge in [0.25, 0.3) is 0 Å². The predicted octanol–water partition coefficient (Wildman–Crippen LogP) is 3.80. The number of aryl methyl sites for hydroxylation is 1. The van der Waals surface area contributed by atoms with Gasteiger partial charge in [0.15, 0.2) is 5.16 Å². The molecule has 1 atom stereocenters. The molecular weight excluding hydrogens is 352 g/mol. The maximum absolute atomic E-state index is 12.1. The number of amides is 1. The fraction of sp³-hybridized carbons (Fsp3) is 0.611. The normalized spacial score (nSPS) is 17.0. The van der Waals surface area contributed by atoms with Crippen LogP contribution in [0, 0.1) is 5.92 Å². The van der Waals surface area contributed by atoms with E-state index < -0.39 is 0 Å². The molecule has 0 saturated heterocycles. The topological polar surface area (TPSA) is 80.9 Å². The standard InChI is InChI=1S/C18H26N4OS2/c1-4-11(5-2)20-14(23)9-24-18-21-16(19)15-12-7-6-10(3)8-13(12)25-17(15)22-18/h10-11H,4-9H2,1-3H3,(H,20,23)(H2,19,21,22). The summed E-state index contributed by atoms with van der Waals surface area (Å²) in [7, 11) is 0. The molecule has 25 heavy (non-hydrogen) atoms. The van der Waals surface area contributed by atoms with Crippen LogP contribution in [0.5, 0.6) is 0 Å². The van der Waals surface area contributed by atoms with Gasteiger partial charge in [-0.15, -0.1) is 11.3 Å². The molecule has 0 spiro atoms. The van der Waals surface area contributed by atoms with E-state index in [0.29, 0.717) is 16.7 Å². The highest BCUT2D eigenvalue weighted by atomic mass is 32.2. The van der Waals surface area contributed by atoms with E-state index in [1.54, 1.807) is 11.3 Å². The molecule has 1 amide bonds. The fourth-order valence-electron chi connectivity index (χ4n) is 3.31. The molecule has 136 valence electrons. The zero-order chi connectivity index (χ0) is 18.0. The summed E-state index contributed by atoms with van der Waals surface area (Å²) in [4.78, 5) is 23.6. The first-order valence-electron chi connectivity index (χ1n) is 9.01. The smallest absolute Gasteiger partial charge is 0.230 e. The number of hydrogen-bond acceptors (Lipinski definition) is 6. The average Bonchev–Trinajstić information content (AvgIpc) is 2.95. The van der Waals surface area contributed by atoms with Gasteiger partial charge in [-0.25, -0.2) is 9.97 Å². The van der Waals surface area contributed by atoms with E-state index in [1.807, 2.05) is 0 Å².